The molecule has 1 aromatic rings. The average Bonchev–Trinajstić information content (AvgIpc) is 2.42. The van der Waals surface area contributed by atoms with Crippen molar-refractivity contribution >= 4 is 11.8 Å². The molecular formula is C19H30N2O3. The van der Waals surface area contributed by atoms with Crippen LogP contribution in [0.15, 0.2) is 18.2 Å². The number of aliphatic hydroxyl groups is 1. The van der Waals surface area contributed by atoms with Crippen LogP contribution in [-0.2, 0) is 4.74 Å². The highest BCUT2D eigenvalue weighted by Gasteiger charge is 2.32. The summed E-state index contributed by atoms with van der Waals surface area (Å²) < 4.78 is 5.30. The van der Waals surface area contributed by atoms with Gasteiger partial charge in [0.2, 0.25) is 0 Å². The molecule has 1 aromatic carbocycles. The van der Waals surface area contributed by atoms with Crippen LogP contribution in [0.25, 0.3) is 0 Å². The number of benzene rings is 1. The normalized spacial score (nSPS) is 17.8. The molecule has 134 valence electrons. The van der Waals surface area contributed by atoms with Gasteiger partial charge in [-0.3, -0.25) is 10.6 Å². The first kappa shape index (κ1) is 18.7. The maximum absolute atomic E-state index is 12.0. The van der Waals surface area contributed by atoms with Crippen LogP contribution >= 0.6 is 0 Å². The van der Waals surface area contributed by atoms with Crippen molar-refractivity contribution in [2.24, 2.45) is 5.41 Å². The van der Waals surface area contributed by atoms with E-state index in [1.54, 1.807) is 6.07 Å². The molecule has 1 aliphatic rings. The smallest absolute Gasteiger partial charge is 0.412 e. The predicted molar refractivity (Wildman–Crippen MR) is 96.0 cm³/mol. The van der Waals surface area contributed by atoms with E-state index < -0.39 is 17.9 Å². The number of nitrogens with one attached hydrogen (secondary N) is 2. The van der Waals surface area contributed by atoms with Gasteiger partial charge in [-0.1, -0.05) is 31.0 Å². The zero-order chi connectivity index (χ0) is 18.0. The lowest BCUT2D eigenvalue weighted by Gasteiger charge is -2.39. The third-order valence-corrected chi connectivity index (χ3v) is 4.42. The van der Waals surface area contributed by atoms with E-state index in [1.807, 2.05) is 39.8 Å². The number of amides is 1. The third-order valence-electron chi connectivity index (χ3n) is 4.42. The first-order valence-electron chi connectivity index (χ1n) is 8.60. The molecule has 1 fully saturated rings. The Balaban J connectivity index is 2.07. The van der Waals surface area contributed by atoms with E-state index in [1.165, 1.54) is 19.3 Å². The minimum absolute atomic E-state index is 0.267. The lowest BCUT2D eigenvalue weighted by molar-refractivity contribution is 0.0634. The van der Waals surface area contributed by atoms with E-state index in [-0.39, 0.29) is 5.41 Å². The molecule has 24 heavy (non-hydrogen) atoms. The lowest BCUT2D eigenvalue weighted by Crippen LogP contribution is -2.39. The number of carbonyl (C=O) groups excluding carboxylic acids is 1. The Bertz CT molecular complexity index is 589. The molecule has 0 saturated heterocycles. The van der Waals surface area contributed by atoms with Crippen LogP contribution in [0.5, 0.6) is 0 Å². The van der Waals surface area contributed by atoms with Gasteiger partial charge in [0.1, 0.15) is 11.8 Å². The molecule has 0 radical (unpaired) electrons. The number of carbonyl (C=O) groups is 1. The summed E-state index contributed by atoms with van der Waals surface area (Å²) in [6.45, 7) is 10.4. The van der Waals surface area contributed by atoms with Crippen LogP contribution in [0.1, 0.15) is 64.3 Å². The van der Waals surface area contributed by atoms with Crippen LogP contribution in [0.3, 0.4) is 0 Å². The number of aliphatic hydroxyl groups excluding tert-OH is 1. The molecule has 0 heterocycles. The number of anilines is 1. The summed E-state index contributed by atoms with van der Waals surface area (Å²) in [5, 5.41) is 16.5. The summed E-state index contributed by atoms with van der Waals surface area (Å²) in [5.74, 6) is 0. The SMILES string of the molecule is Cc1ccc(NC(=O)OC(C)(C)C)c(C(O)NCC2(C)CCC2)c1. The second-order valence-electron chi connectivity index (χ2n) is 8.17. The van der Waals surface area contributed by atoms with Crippen LogP contribution in [0, 0.1) is 12.3 Å². The molecule has 0 aliphatic heterocycles. The fourth-order valence-corrected chi connectivity index (χ4v) is 2.85. The van der Waals surface area contributed by atoms with Crippen molar-refractivity contribution in [3.05, 3.63) is 29.3 Å². The molecule has 2 rings (SSSR count). The van der Waals surface area contributed by atoms with Crippen molar-refractivity contribution in [1.29, 1.82) is 0 Å². The summed E-state index contributed by atoms with van der Waals surface area (Å²) in [7, 11) is 0. The summed E-state index contributed by atoms with van der Waals surface area (Å²) in [4.78, 5) is 12.0. The molecule has 0 spiro atoms. The quantitative estimate of drug-likeness (QED) is 0.709. The molecule has 5 heteroatoms. The van der Waals surface area contributed by atoms with E-state index >= 15 is 0 Å². The van der Waals surface area contributed by atoms with Gasteiger partial charge in [0.05, 0.1) is 5.69 Å². The maximum Gasteiger partial charge on any atom is 0.412 e. The largest absolute Gasteiger partial charge is 0.444 e. The Hall–Kier alpha value is -1.59. The predicted octanol–water partition coefficient (Wildman–Crippen LogP) is 4.11. The Morgan fingerprint density at radius 2 is 2.04 bits per heavy atom. The highest BCUT2D eigenvalue weighted by atomic mass is 16.6. The molecule has 1 amide bonds. The summed E-state index contributed by atoms with van der Waals surface area (Å²) in [6.07, 6.45) is 2.27. The van der Waals surface area contributed by atoms with Crippen LogP contribution in [-0.4, -0.2) is 23.3 Å². The van der Waals surface area contributed by atoms with E-state index in [0.29, 0.717) is 11.3 Å². The Kier molecular flexibility index (Phi) is 5.56. The van der Waals surface area contributed by atoms with Gasteiger partial charge < -0.3 is 9.84 Å². The van der Waals surface area contributed by atoms with Gasteiger partial charge in [-0.25, -0.2) is 4.79 Å². The monoisotopic (exact) mass is 334 g/mol. The molecule has 3 N–H and O–H groups in total. The summed E-state index contributed by atoms with van der Waals surface area (Å²) in [5.41, 5.74) is 1.95. The van der Waals surface area contributed by atoms with Crippen LogP contribution in [0.4, 0.5) is 10.5 Å². The minimum atomic E-state index is -0.827. The number of rotatable bonds is 5. The van der Waals surface area contributed by atoms with Crippen molar-refractivity contribution in [2.75, 3.05) is 11.9 Å². The first-order chi connectivity index (χ1) is 11.1. The van der Waals surface area contributed by atoms with Gasteiger partial charge >= 0.3 is 6.09 Å². The lowest BCUT2D eigenvalue weighted by atomic mass is 9.70. The van der Waals surface area contributed by atoms with Gasteiger partial charge in [0.15, 0.2) is 0 Å². The molecule has 1 aliphatic carbocycles. The highest BCUT2D eigenvalue weighted by molar-refractivity contribution is 5.86. The maximum atomic E-state index is 12.0. The molecular weight excluding hydrogens is 304 g/mol. The van der Waals surface area contributed by atoms with Crippen LogP contribution in [0.2, 0.25) is 0 Å². The fraction of sp³-hybridized carbons (Fsp3) is 0.632. The zero-order valence-electron chi connectivity index (χ0n) is 15.4. The van der Waals surface area contributed by atoms with Crippen molar-refractivity contribution in [3.63, 3.8) is 0 Å². The number of aryl methyl sites for hydroxylation is 1. The molecule has 0 aromatic heterocycles. The topological polar surface area (TPSA) is 70.6 Å². The van der Waals surface area contributed by atoms with Gasteiger partial charge in [-0.05, 0) is 52.0 Å². The van der Waals surface area contributed by atoms with Gasteiger partial charge in [0.25, 0.3) is 0 Å². The van der Waals surface area contributed by atoms with Crippen LogP contribution < -0.4 is 10.6 Å². The molecule has 1 saturated carbocycles. The summed E-state index contributed by atoms with van der Waals surface area (Å²) in [6, 6.07) is 5.58. The standard InChI is InChI=1S/C19H30N2O3/c1-13-7-8-15(21-17(23)24-18(2,3)4)14(11-13)16(22)20-12-19(5)9-6-10-19/h7-8,11,16,20,22H,6,9-10,12H2,1-5H3,(H,21,23). The van der Waals surface area contributed by atoms with E-state index in [9.17, 15) is 9.90 Å². The minimum Gasteiger partial charge on any atom is -0.444 e. The average molecular weight is 334 g/mol. The number of hydrogen-bond acceptors (Lipinski definition) is 4. The Morgan fingerprint density at radius 1 is 1.38 bits per heavy atom. The second kappa shape index (κ2) is 7.11. The van der Waals surface area contributed by atoms with E-state index in [0.717, 1.165) is 12.1 Å². The van der Waals surface area contributed by atoms with E-state index in [2.05, 4.69) is 17.6 Å². The highest BCUT2D eigenvalue weighted by Crippen LogP contribution is 2.40. The van der Waals surface area contributed by atoms with Crippen molar-refractivity contribution in [1.82, 2.24) is 5.32 Å². The number of ether oxygens (including phenoxy) is 1. The van der Waals surface area contributed by atoms with Crippen molar-refractivity contribution in [3.8, 4) is 0 Å². The second-order valence-corrected chi connectivity index (χ2v) is 8.17. The first-order valence-corrected chi connectivity index (χ1v) is 8.60. The molecule has 0 bridgehead atoms. The third kappa shape index (κ3) is 5.21. The molecule has 1 atom stereocenters. The Morgan fingerprint density at radius 3 is 2.58 bits per heavy atom. The van der Waals surface area contributed by atoms with Gasteiger partial charge in [0, 0.05) is 12.1 Å². The number of hydrogen-bond donors (Lipinski definition) is 3. The van der Waals surface area contributed by atoms with Gasteiger partial charge in [-0.2, -0.15) is 0 Å². The Labute approximate surface area is 144 Å². The fourth-order valence-electron chi connectivity index (χ4n) is 2.85. The zero-order valence-corrected chi connectivity index (χ0v) is 15.4. The van der Waals surface area contributed by atoms with Crippen molar-refractivity contribution < 1.29 is 14.6 Å². The van der Waals surface area contributed by atoms with Crippen molar-refractivity contribution in [2.45, 2.75) is 65.7 Å². The van der Waals surface area contributed by atoms with Gasteiger partial charge in [-0.15, -0.1) is 0 Å². The summed E-state index contributed by atoms with van der Waals surface area (Å²) >= 11 is 0. The molecule has 5 nitrogen and oxygen atoms in total. The molecule has 1 unspecified atom stereocenters. The van der Waals surface area contributed by atoms with E-state index in [4.69, 9.17) is 4.74 Å².